The topological polar surface area (TPSA) is 66.5 Å². The Bertz CT molecular complexity index is 920. The summed E-state index contributed by atoms with van der Waals surface area (Å²) in [5, 5.41) is 0. The summed E-state index contributed by atoms with van der Waals surface area (Å²) in [5.74, 6) is -1.90. The molecule has 0 bridgehead atoms. The number of nitrogens with one attached hydrogen (secondary N) is 1. The zero-order chi connectivity index (χ0) is 22.0. The molecular weight excluding hydrogens is 417 g/mol. The smallest absolute Gasteiger partial charge is 0.330 e. The van der Waals surface area contributed by atoms with Crippen LogP contribution in [0.15, 0.2) is 35.2 Å². The predicted molar refractivity (Wildman–Crippen MR) is 107 cm³/mol. The van der Waals surface area contributed by atoms with E-state index >= 15 is 0 Å². The maximum Gasteiger partial charge on any atom is 0.471 e. The maximum absolute atomic E-state index is 12.9. The highest BCUT2D eigenvalue weighted by atomic mass is 32.2. The number of carbonyl (C=O) groups is 1. The zero-order valence-corrected chi connectivity index (χ0v) is 17.8. The quantitative estimate of drug-likeness (QED) is 0.676. The lowest BCUT2D eigenvalue weighted by molar-refractivity contribution is -0.186. The molecule has 1 aromatic rings. The molecule has 0 aromatic heterocycles. The monoisotopic (exact) mass is 444 g/mol. The summed E-state index contributed by atoms with van der Waals surface area (Å²) in [6, 6.07) is 4.50. The minimum atomic E-state index is -4.94. The molecule has 30 heavy (non-hydrogen) atoms. The fraction of sp³-hybridized carbons (Fsp3) is 0.571. The lowest BCUT2D eigenvalue weighted by atomic mass is 9.83. The standard InChI is InChI=1S/C21H27F3N2O3S/c1-2-3-9-20(10-4-5-11-20)15-25-30(28,29)18-7-6-16-8-12-26(14-17(16)13-18)19(27)21(22,23)24/h2-3,6-7,13,25H,4-5,8-12,14-15H2,1H3/b3-2+. The lowest BCUT2D eigenvalue weighted by Crippen LogP contribution is -2.43. The number of benzene rings is 1. The van der Waals surface area contributed by atoms with Crippen molar-refractivity contribution in [2.75, 3.05) is 13.1 Å². The number of carbonyl (C=O) groups excluding carboxylic acids is 1. The van der Waals surface area contributed by atoms with E-state index in [0.29, 0.717) is 12.1 Å². The second-order valence-corrected chi connectivity index (χ2v) is 9.98. The molecule has 1 saturated carbocycles. The molecule has 3 rings (SSSR count). The van der Waals surface area contributed by atoms with Gasteiger partial charge in [0.15, 0.2) is 0 Å². The number of alkyl halides is 3. The van der Waals surface area contributed by atoms with Crippen LogP contribution in [0.2, 0.25) is 0 Å². The van der Waals surface area contributed by atoms with E-state index < -0.39 is 22.1 Å². The van der Waals surface area contributed by atoms with Gasteiger partial charge in [0.25, 0.3) is 0 Å². The highest BCUT2D eigenvalue weighted by Gasteiger charge is 2.43. The number of amides is 1. The van der Waals surface area contributed by atoms with Crippen LogP contribution in [0.25, 0.3) is 0 Å². The van der Waals surface area contributed by atoms with E-state index in [2.05, 4.69) is 10.8 Å². The van der Waals surface area contributed by atoms with Gasteiger partial charge in [-0.1, -0.05) is 31.1 Å². The Morgan fingerprint density at radius 1 is 1.23 bits per heavy atom. The molecule has 1 fully saturated rings. The van der Waals surface area contributed by atoms with Gasteiger partial charge in [-0.3, -0.25) is 4.79 Å². The van der Waals surface area contributed by atoms with Crippen LogP contribution in [0, 0.1) is 5.41 Å². The van der Waals surface area contributed by atoms with Gasteiger partial charge in [-0.2, -0.15) is 13.2 Å². The van der Waals surface area contributed by atoms with E-state index in [1.54, 1.807) is 6.07 Å². The van der Waals surface area contributed by atoms with Gasteiger partial charge in [0.05, 0.1) is 4.90 Å². The van der Waals surface area contributed by atoms with Gasteiger partial charge in [0, 0.05) is 19.6 Å². The van der Waals surface area contributed by atoms with Gasteiger partial charge < -0.3 is 4.90 Å². The number of halogens is 3. The number of hydrogen-bond donors (Lipinski definition) is 1. The van der Waals surface area contributed by atoms with E-state index in [1.807, 2.05) is 13.0 Å². The SMILES string of the molecule is C/C=C/CC1(CNS(=O)(=O)c2ccc3c(c2)CN(C(=O)C(F)(F)F)CC3)CCCC1. The van der Waals surface area contributed by atoms with Gasteiger partial charge in [-0.05, 0) is 61.3 Å². The van der Waals surface area contributed by atoms with Crippen molar-refractivity contribution >= 4 is 15.9 Å². The number of allylic oxidation sites excluding steroid dienone is 2. The van der Waals surface area contributed by atoms with Gasteiger partial charge in [0.2, 0.25) is 10.0 Å². The molecule has 0 radical (unpaired) electrons. The molecule has 0 saturated heterocycles. The molecule has 0 atom stereocenters. The van der Waals surface area contributed by atoms with Crippen LogP contribution >= 0.6 is 0 Å². The van der Waals surface area contributed by atoms with Gasteiger partial charge in [-0.25, -0.2) is 13.1 Å². The van der Waals surface area contributed by atoms with Crippen LogP contribution in [0.5, 0.6) is 0 Å². The Labute approximate surface area is 175 Å². The minimum absolute atomic E-state index is 0.0155. The lowest BCUT2D eigenvalue weighted by Gasteiger charge is -2.30. The predicted octanol–water partition coefficient (Wildman–Crippen LogP) is 3.94. The maximum atomic E-state index is 12.9. The van der Waals surface area contributed by atoms with Gasteiger partial charge in [-0.15, -0.1) is 0 Å². The first-order chi connectivity index (χ1) is 14.1. The van der Waals surface area contributed by atoms with E-state index in [9.17, 15) is 26.4 Å². The molecule has 1 heterocycles. The molecular formula is C21H27F3N2O3S. The first-order valence-corrected chi connectivity index (χ1v) is 11.6. The summed E-state index contributed by atoms with van der Waals surface area (Å²) < 4.78 is 66.7. The molecule has 0 unspecified atom stereocenters. The van der Waals surface area contributed by atoms with Crippen molar-refractivity contribution < 1.29 is 26.4 Å². The Morgan fingerprint density at radius 2 is 1.93 bits per heavy atom. The average Bonchev–Trinajstić information content (AvgIpc) is 3.18. The van der Waals surface area contributed by atoms with Crippen LogP contribution in [-0.2, 0) is 27.8 Å². The van der Waals surface area contributed by atoms with E-state index in [-0.39, 0.29) is 29.8 Å². The fourth-order valence-electron chi connectivity index (χ4n) is 4.33. The molecule has 2 aliphatic rings. The molecule has 9 heteroatoms. The third-order valence-corrected chi connectivity index (χ3v) is 7.52. The summed E-state index contributed by atoms with van der Waals surface area (Å²) in [6.45, 7) is 1.98. The van der Waals surface area contributed by atoms with E-state index in [0.717, 1.165) is 42.6 Å². The second-order valence-electron chi connectivity index (χ2n) is 8.21. The molecule has 1 amide bonds. The second kappa shape index (κ2) is 8.70. The molecule has 0 spiro atoms. The molecule has 1 aliphatic heterocycles. The third-order valence-electron chi connectivity index (χ3n) is 6.12. The van der Waals surface area contributed by atoms with Crippen molar-refractivity contribution in [2.45, 2.75) is 63.1 Å². The van der Waals surface area contributed by atoms with Crippen molar-refractivity contribution in [3.05, 3.63) is 41.5 Å². The number of sulfonamides is 1. The number of rotatable bonds is 6. The fourth-order valence-corrected chi connectivity index (χ4v) is 5.54. The summed E-state index contributed by atoms with van der Waals surface area (Å²) in [6.07, 6.45) is 4.21. The Morgan fingerprint density at radius 3 is 2.57 bits per heavy atom. The summed E-state index contributed by atoms with van der Waals surface area (Å²) in [5.41, 5.74) is 1.11. The summed E-state index contributed by atoms with van der Waals surface area (Å²) >= 11 is 0. The van der Waals surface area contributed by atoms with Crippen molar-refractivity contribution in [1.82, 2.24) is 9.62 Å². The summed E-state index contributed by atoms with van der Waals surface area (Å²) in [7, 11) is -3.81. The van der Waals surface area contributed by atoms with Crippen LogP contribution in [0.3, 0.4) is 0 Å². The molecule has 5 nitrogen and oxygen atoms in total. The largest absolute Gasteiger partial charge is 0.471 e. The number of nitrogens with zero attached hydrogens (tertiary/aromatic N) is 1. The highest BCUT2D eigenvalue weighted by molar-refractivity contribution is 7.89. The molecule has 1 aromatic carbocycles. The Hall–Kier alpha value is -1.87. The van der Waals surface area contributed by atoms with Crippen molar-refractivity contribution in [3.63, 3.8) is 0 Å². The highest BCUT2D eigenvalue weighted by Crippen LogP contribution is 2.41. The van der Waals surface area contributed by atoms with Crippen molar-refractivity contribution in [1.29, 1.82) is 0 Å². The minimum Gasteiger partial charge on any atom is -0.330 e. The van der Waals surface area contributed by atoms with E-state index in [1.165, 1.54) is 12.1 Å². The molecule has 166 valence electrons. The number of fused-ring (bicyclic) bond motifs is 1. The first kappa shape index (κ1) is 22.8. The van der Waals surface area contributed by atoms with Crippen LogP contribution in [-0.4, -0.2) is 38.5 Å². The molecule has 1 aliphatic carbocycles. The van der Waals surface area contributed by atoms with Crippen LogP contribution in [0.1, 0.15) is 50.2 Å². The average molecular weight is 445 g/mol. The van der Waals surface area contributed by atoms with Crippen LogP contribution < -0.4 is 4.72 Å². The molecule has 1 N–H and O–H groups in total. The summed E-state index contributed by atoms with van der Waals surface area (Å²) in [4.78, 5) is 12.3. The van der Waals surface area contributed by atoms with Crippen molar-refractivity contribution in [2.24, 2.45) is 5.41 Å². The van der Waals surface area contributed by atoms with Gasteiger partial charge >= 0.3 is 12.1 Å². The number of hydrogen-bond acceptors (Lipinski definition) is 3. The normalized spacial score (nSPS) is 19.3. The van der Waals surface area contributed by atoms with Gasteiger partial charge in [0.1, 0.15) is 0 Å². The van der Waals surface area contributed by atoms with Crippen LogP contribution in [0.4, 0.5) is 13.2 Å². The van der Waals surface area contributed by atoms with E-state index in [4.69, 9.17) is 0 Å². The first-order valence-electron chi connectivity index (χ1n) is 10.2. The Kier molecular flexibility index (Phi) is 6.62. The van der Waals surface area contributed by atoms with Crippen molar-refractivity contribution in [3.8, 4) is 0 Å². The Balaban J connectivity index is 1.75. The third kappa shape index (κ3) is 5.06. The zero-order valence-electron chi connectivity index (χ0n) is 17.0.